The van der Waals surface area contributed by atoms with Crippen molar-refractivity contribution in [3.63, 3.8) is 0 Å². The number of ether oxygens (including phenoxy) is 2. The molecule has 0 spiro atoms. The lowest BCUT2D eigenvalue weighted by Gasteiger charge is -2.50. The Morgan fingerprint density at radius 2 is 2.15 bits per heavy atom. The average Bonchev–Trinajstić information content (AvgIpc) is 2.70. The predicted molar refractivity (Wildman–Crippen MR) is 73.7 cm³/mol. The number of hydrogen-bond acceptors (Lipinski definition) is 4. The Kier molecular flexibility index (Phi) is 2.89. The Hall–Kier alpha value is -1.13. The summed E-state index contributed by atoms with van der Waals surface area (Å²) in [7, 11) is 1.54. The molecule has 4 aliphatic rings. The molecule has 1 heterocycles. The molecule has 4 rings (SSSR count). The van der Waals surface area contributed by atoms with Gasteiger partial charge in [0.15, 0.2) is 0 Å². The van der Waals surface area contributed by atoms with Crippen molar-refractivity contribution in [2.75, 3.05) is 7.11 Å². The lowest BCUT2D eigenvalue weighted by Crippen LogP contribution is -2.52. The maximum absolute atomic E-state index is 11.8. The average molecular weight is 278 g/mol. The van der Waals surface area contributed by atoms with Gasteiger partial charge in [-0.2, -0.15) is 0 Å². The van der Waals surface area contributed by atoms with Crippen LogP contribution in [0.3, 0.4) is 0 Å². The maximum Gasteiger partial charge on any atom is 0.333 e. The number of esters is 1. The summed E-state index contributed by atoms with van der Waals surface area (Å²) in [6.07, 6.45) is 4.36. The van der Waals surface area contributed by atoms with Crippen LogP contribution < -0.4 is 0 Å². The van der Waals surface area contributed by atoms with E-state index >= 15 is 0 Å². The summed E-state index contributed by atoms with van der Waals surface area (Å²) >= 11 is 0. The van der Waals surface area contributed by atoms with Gasteiger partial charge in [-0.3, -0.25) is 0 Å². The smallest absolute Gasteiger partial charge is 0.333 e. The number of methoxy groups -OCH3 is 1. The fraction of sp³-hybridized carbons (Fsp3) is 0.688. The minimum atomic E-state index is -1.12. The van der Waals surface area contributed by atoms with E-state index in [0.29, 0.717) is 17.9 Å². The minimum Gasteiger partial charge on any atom is -0.425 e. The molecule has 0 aromatic carbocycles. The van der Waals surface area contributed by atoms with Crippen LogP contribution in [-0.4, -0.2) is 30.1 Å². The molecule has 0 radical (unpaired) electrons. The van der Waals surface area contributed by atoms with Gasteiger partial charge in [0.05, 0.1) is 6.10 Å². The molecular weight excluding hydrogens is 256 g/mol. The molecule has 3 aliphatic carbocycles. The van der Waals surface area contributed by atoms with Gasteiger partial charge in [-0.1, -0.05) is 25.5 Å². The SMILES string of the molecule is CO[C@@]12OC(=O)C=C1[C@H](O)CC1C(C)=CC2CC1(C)C. The molecule has 0 amide bonds. The second-order valence-electron chi connectivity index (χ2n) is 6.91. The van der Waals surface area contributed by atoms with Crippen LogP contribution >= 0.6 is 0 Å². The molecule has 0 aromatic rings. The molecule has 0 aromatic heterocycles. The van der Waals surface area contributed by atoms with Gasteiger partial charge in [-0.05, 0) is 31.1 Å². The van der Waals surface area contributed by atoms with E-state index in [1.807, 2.05) is 0 Å². The molecule has 1 N–H and O–H groups in total. The van der Waals surface area contributed by atoms with E-state index < -0.39 is 17.9 Å². The Balaban J connectivity index is 2.17. The van der Waals surface area contributed by atoms with Crippen LogP contribution in [0.15, 0.2) is 23.3 Å². The third kappa shape index (κ3) is 1.71. The van der Waals surface area contributed by atoms with Crippen molar-refractivity contribution >= 4 is 5.97 Å². The number of fused-ring (bicyclic) bond motifs is 2. The van der Waals surface area contributed by atoms with Crippen LogP contribution in [0.1, 0.15) is 33.6 Å². The second-order valence-corrected chi connectivity index (χ2v) is 6.91. The number of aliphatic hydroxyl groups excluding tert-OH is 1. The minimum absolute atomic E-state index is 0.0496. The number of aliphatic hydroxyl groups is 1. The first-order chi connectivity index (χ1) is 9.30. The van der Waals surface area contributed by atoms with Crippen LogP contribution in [0, 0.1) is 17.3 Å². The van der Waals surface area contributed by atoms with Crippen LogP contribution in [0.2, 0.25) is 0 Å². The Bertz CT molecular complexity index is 517. The normalized spacial score (nSPS) is 42.2. The summed E-state index contributed by atoms with van der Waals surface area (Å²) in [6, 6.07) is 0. The van der Waals surface area contributed by atoms with Gasteiger partial charge in [0.1, 0.15) is 0 Å². The highest BCUT2D eigenvalue weighted by Gasteiger charge is 2.57. The van der Waals surface area contributed by atoms with Gasteiger partial charge in [-0.25, -0.2) is 4.79 Å². The van der Waals surface area contributed by atoms with Crippen molar-refractivity contribution in [1.29, 1.82) is 0 Å². The molecule has 110 valence electrons. The number of carbonyl (C=O) groups is 1. The first kappa shape index (κ1) is 13.8. The predicted octanol–water partition coefficient (Wildman–Crippen LogP) is 2.19. The van der Waals surface area contributed by atoms with Gasteiger partial charge in [0.2, 0.25) is 5.79 Å². The van der Waals surface area contributed by atoms with Crippen LogP contribution in [0.4, 0.5) is 0 Å². The fourth-order valence-corrected chi connectivity index (χ4v) is 4.31. The van der Waals surface area contributed by atoms with Crippen molar-refractivity contribution in [1.82, 2.24) is 0 Å². The van der Waals surface area contributed by atoms with Crippen molar-refractivity contribution < 1.29 is 19.4 Å². The molecule has 1 fully saturated rings. The number of carbonyl (C=O) groups excluding carboxylic acids is 1. The second kappa shape index (κ2) is 4.18. The third-order valence-electron chi connectivity index (χ3n) is 5.24. The van der Waals surface area contributed by atoms with Gasteiger partial charge >= 0.3 is 5.97 Å². The summed E-state index contributed by atoms with van der Waals surface area (Å²) in [5, 5.41) is 10.6. The molecule has 2 bridgehead atoms. The number of rotatable bonds is 1. The topological polar surface area (TPSA) is 55.8 Å². The molecule has 4 nitrogen and oxygen atoms in total. The monoisotopic (exact) mass is 278 g/mol. The van der Waals surface area contributed by atoms with Crippen molar-refractivity contribution in [3.05, 3.63) is 23.3 Å². The number of hydrogen-bond donors (Lipinski definition) is 1. The largest absolute Gasteiger partial charge is 0.425 e. The molecule has 20 heavy (non-hydrogen) atoms. The molecule has 2 unspecified atom stereocenters. The molecule has 1 saturated carbocycles. The zero-order valence-corrected chi connectivity index (χ0v) is 12.5. The van der Waals surface area contributed by atoms with Gasteiger partial charge < -0.3 is 14.6 Å². The van der Waals surface area contributed by atoms with Crippen molar-refractivity contribution in [2.45, 2.75) is 45.5 Å². The van der Waals surface area contributed by atoms with Gasteiger partial charge in [0.25, 0.3) is 0 Å². The summed E-state index contributed by atoms with van der Waals surface area (Å²) in [6.45, 7) is 6.52. The molecule has 1 aliphatic heterocycles. The summed E-state index contributed by atoms with van der Waals surface area (Å²) in [5.74, 6) is -1.28. The first-order valence-corrected chi connectivity index (χ1v) is 7.17. The molecule has 4 atom stereocenters. The van der Waals surface area contributed by atoms with Crippen LogP contribution in [0.5, 0.6) is 0 Å². The summed E-state index contributed by atoms with van der Waals surface area (Å²) in [5.41, 5.74) is 1.89. The van der Waals surface area contributed by atoms with E-state index in [1.165, 1.54) is 11.6 Å². The molecular formula is C16H22O4. The Morgan fingerprint density at radius 1 is 1.45 bits per heavy atom. The van der Waals surface area contributed by atoms with Gasteiger partial charge in [-0.15, -0.1) is 0 Å². The highest BCUT2D eigenvalue weighted by Crippen LogP contribution is 2.55. The zero-order chi connectivity index (χ0) is 14.7. The third-order valence-corrected chi connectivity index (χ3v) is 5.24. The summed E-state index contributed by atoms with van der Waals surface area (Å²) in [4.78, 5) is 11.8. The quantitative estimate of drug-likeness (QED) is 0.590. The molecule has 0 saturated heterocycles. The van der Waals surface area contributed by atoms with Crippen molar-refractivity contribution in [2.24, 2.45) is 17.3 Å². The standard InChI is InChI=1S/C16H22O4/c1-9-5-10-8-15(2,3)11(9)6-13(17)12-7-14(18)20-16(10,12)19-4/h5,7,10-11,13,17H,6,8H2,1-4H3/t10?,11?,13-,16+/m1/s1. The fourth-order valence-electron chi connectivity index (χ4n) is 4.31. The van der Waals surface area contributed by atoms with E-state index in [9.17, 15) is 9.90 Å². The first-order valence-electron chi connectivity index (χ1n) is 7.17. The van der Waals surface area contributed by atoms with E-state index in [4.69, 9.17) is 9.47 Å². The molecule has 4 heteroatoms. The lowest BCUT2D eigenvalue weighted by atomic mass is 9.59. The van der Waals surface area contributed by atoms with Crippen molar-refractivity contribution in [3.8, 4) is 0 Å². The van der Waals surface area contributed by atoms with E-state index in [-0.39, 0.29) is 11.3 Å². The summed E-state index contributed by atoms with van der Waals surface area (Å²) < 4.78 is 11.2. The van der Waals surface area contributed by atoms with E-state index in [0.717, 1.165) is 6.42 Å². The Labute approximate surface area is 119 Å². The van der Waals surface area contributed by atoms with Crippen LogP contribution in [-0.2, 0) is 14.3 Å². The van der Waals surface area contributed by atoms with Gasteiger partial charge in [0, 0.05) is 24.7 Å². The maximum atomic E-state index is 11.8. The van der Waals surface area contributed by atoms with Crippen LogP contribution in [0.25, 0.3) is 0 Å². The Morgan fingerprint density at radius 3 is 2.75 bits per heavy atom. The highest BCUT2D eigenvalue weighted by atomic mass is 16.7. The number of allylic oxidation sites excluding steroid dienone is 1. The lowest BCUT2D eigenvalue weighted by molar-refractivity contribution is -0.219. The van der Waals surface area contributed by atoms with E-state index in [1.54, 1.807) is 7.11 Å². The van der Waals surface area contributed by atoms with E-state index in [2.05, 4.69) is 26.8 Å². The highest BCUT2D eigenvalue weighted by molar-refractivity contribution is 5.87. The zero-order valence-electron chi connectivity index (χ0n) is 12.5.